The van der Waals surface area contributed by atoms with E-state index in [4.69, 9.17) is 21.1 Å². The van der Waals surface area contributed by atoms with Gasteiger partial charge in [0.1, 0.15) is 40.2 Å². The van der Waals surface area contributed by atoms with Crippen molar-refractivity contribution in [2.24, 2.45) is 5.41 Å². The number of nitrogens with one attached hydrogen (secondary N) is 3. The highest BCUT2D eigenvalue weighted by Gasteiger charge is 2.49. The lowest BCUT2D eigenvalue weighted by Gasteiger charge is -2.36. The van der Waals surface area contributed by atoms with Crippen LogP contribution >= 0.6 is 23.4 Å². The van der Waals surface area contributed by atoms with E-state index in [1.807, 2.05) is 12.1 Å². The highest BCUT2D eigenvalue weighted by atomic mass is 35.5. The van der Waals surface area contributed by atoms with Crippen LogP contribution in [0.4, 0.5) is 4.79 Å². The highest BCUT2D eigenvalue weighted by Crippen LogP contribution is 2.40. The van der Waals surface area contributed by atoms with Gasteiger partial charge in [-0.05, 0) is 82.7 Å². The van der Waals surface area contributed by atoms with Crippen LogP contribution in [0.1, 0.15) is 87.5 Å². The Morgan fingerprint density at radius 3 is 2.36 bits per heavy atom. The monoisotopic (exact) mass is 793 g/mol. The summed E-state index contributed by atoms with van der Waals surface area (Å²) in [5, 5.41) is 6.74. The molecule has 4 atom stereocenters. The van der Waals surface area contributed by atoms with E-state index in [0.717, 1.165) is 27.8 Å². The third kappa shape index (κ3) is 10.6. The van der Waals surface area contributed by atoms with E-state index in [2.05, 4.69) is 33.8 Å². The maximum Gasteiger partial charge on any atom is 0.408 e. The fourth-order valence-corrected chi connectivity index (χ4v) is 8.59. The van der Waals surface area contributed by atoms with Crippen molar-refractivity contribution in [3.8, 4) is 5.75 Å². The second-order valence-electron chi connectivity index (χ2n) is 15.9. The van der Waals surface area contributed by atoms with E-state index >= 15 is 0 Å². The van der Waals surface area contributed by atoms with Gasteiger partial charge in [0.05, 0.1) is 16.7 Å². The summed E-state index contributed by atoms with van der Waals surface area (Å²) < 4.78 is 39.6. The number of alkyl carbamates (subject to hydrolysis) is 1. The summed E-state index contributed by atoms with van der Waals surface area (Å²) in [5.41, 5.74) is -3.37. The summed E-state index contributed by atoms with van der Waals surface area (Å²) in [6.07, 6.45) is 3.25. The number of hydrogen-bond acceptors (Lipinski definition) is 10. The van der Waals surface area contributed by atoms with Gasteiger partial charge in [-0.1, -0.05) is 45.4 Å². The number of likely N-dealkylation sites (tertiary alicyclic amines) is 1. The van der Waals surface area contributed by atoms with Gasteiger partial charge in [-0.15, -0.1) is 18.3 Å². The molecule has 3 N–H and O–H groups in total. The highest BCUT2D eigenvalue weighted by molar-refractivity contribution is 7.99. The summed E-state index contributed by atoms with van der Waals surface area (Å²) in [5.74, 6) is -0.841. The van der Waals surface area contributed by atoms with Crippen LogP contribution in [0.2, 0.25) is 5.15 Å². The Morgan fingerprint density at radius 1 is 1.09 bits per heavy atom. The predicted molar refractivity (Wildman–Crippen MR) is 206 cm³/mol. The number of benzene rings is 1. The summed E-state index contributed by atoms with van der Waals surface area (Å²) in [6.45, 7) is 17.6. The lowest BCUT2D eigenvalue weighted by molar-refractivity contribution is -0.143. The molecule has 1 aromatic heterocycles. The van der Waals surface area contributed by atoms with Crippen molar-refractivity contribution in [2.75, 3.05) is 12.3 Å². The average molecular weight is 794 g/mol. The summed E-state index contributed by atoms with van der Waals surface area (Å²) in [4.78, 5) is 61.7. The zero-order valence-corrected chi connectivity index (χ0v) is 34.1. The molecule has 2 aromatic rings. The average Bonchev–Trinajstić information content (AvgIpc) is 3.82. The Balaban J connectivity index is 1.71. The van der Waals surface area contributed by atoms with Gasteiger partial charge in [-0.2, -0.15) is 0 Å². The molecule has 53 heavy (non-hydrogen) atoms. The van der Waals surface area contributed by atoms with Crippen LogP contribution < -0.4 is 20.1 Å². The molecule has 2 fully saturated rings. The maximum absolute atomic E-state index is 14.5. The third-order valence-electron chi connectivity index (χ3n) is 8.83. The summed E-state index contributed by atoms with van der Waals surface area (Å²) >= 11 is 8.02. The first-order chi connectivity index (χ1) is 24.6. The topological polar surface area (TPSA) is 173 Å². The van der Waals surface area contributed by atoms with Crippen LogP contribution in [0, 0.1) is 5.41 Å². The van der Waals surface area contributed by atoms with Crippen molar-refractivity contribution in [3.63, 3.8) is 0 Å². The molecule has 4 unspecified atom stereocenters. The lowest BCUT2D eigenvalue weighted by atomic mass is 9.85. The number of ether oxygens (including phenoxy) is 2. The summed E-state index contributed by atoms with van der Waals surface area (Å²) in [6, 6.07) is 3.18. The van der Waals surface area contributed by atoms with Crippen molar-refractivity contribution in [2.45, 2.75) is 127 Å². The minimum Gasteiger partial charge on any atom is -0.487 e. The molecule has 13 nitrogen and oxygen atoms in total. The number of aromatic nitrogens is 1. The predicted octanol–water partition coefficient (Wildman–Crippen LogP) is 5.74. The molecule has 4 amide bonds. The minimum absolute atomic E-state index is 0.0278. The smallest absolute Gasteiger partial charge is 0.408 e. The maximum atomic E-state index is 14.5. The van der Waals surface area contributed by atoms with Gasteiger partial charge in [0, 0.05) is 23.4 Å². The van der Waals surface area contributed by atoms with Crippen LogP contribution in [0.25, 0.3) is 10.8 Å². The number of halogens is 1. The largest absolute Gasteiger partial charge is 0.487 e. The normalized spacial score (nSPS) is 19.5. The van der Waals surface area contributed by atoms with E-state index in [1.54, 1.807) is 65.6 Å². The molecule has 1 aliphatic carbocycles. The molecule has 1 saturated heterocycles. The number of fused-ring (bicyclic) bond motifs is 1. The van der Waals surface area contributed by atoms with Crippen molar-refractivity contribution >= 4 is 68.0 Å². The lowest BCUT2D eigenvalue weighted by Crippen LogP contribution is -2.62. The number of hydrogen-bond donors (Lipinski definition) is 3. The number of carbonyl (C=O) groups excluding carboxylic acids is 4. The van der Waals surface area contributed by atoms with Crippen LogP contribution in [0.3, 0.4) is 0 Å². The van der Waals surface area contributed by atoms with Gasteiger partial charge >= 0.3 is 6.09 Å². The fraction of sp³-hybridized carbons (Fsp3) is 0.595. The van der Waals surface area contributed by atoms with Gasteiger partial charge < -0.3 is 25.0 Å². The number of carbonyl (C=O) groups is 4. The van der Waals surface area contributed by atoms with Gasteiger partial charge in [-0.3, -0.25) is 19.1 Å². The molecule has 2 aliphatic rings. The number of sulfonamides is 1. The fourth-order valence-electron chi connectivity index (χ4n) is 5.96. The molecule has 16 heteroatoms. The second kappa shape index (κ2) is 16.4. The third-order valence-corrected chi connectivity index (χ3v) is 12.3. The molecule has 292 valence electrons. The summed E-state index contributed by atoms with van der Waals surface area (Å²) in [7, 11) is -3.93. The molecule has 0 spiro atoms. The number of amides is 4. The van der Waals surface area contributed by atoms with Crippen LogP contribution in [0.5, 0.6) is 5.75 Å². The first-order valence-electron chi connectivity index (χ1n) is 17.8. The number of thioether (sulfide) groups is 1. The molecule has 4 rings (SSSR count). The molecule has 0 bridgehead atoms. The van der Waals surface area contributed by atoms with Gasteiger partial charge in [0.15, 0.2) is 0 Å². The van der Waals surface area contributed by atoms with E-state index in [1.165, 1.54) is 17.9 Å². The molecular formula is C37H52ClN5O8S2. The van der Waals surface area contributed by atoms with Crippen LogP contribution in [-0.2, 0) is 29.1 Å². The van der Waals surface area contributed by atoms with Crippen LogP contribution in [0.15, 0.2) is 41.9 Å². The minimum atomic E-state index is -3.93. The first kappa shape index (κ1) is 42.2. The van der Waals surface area contributed by atoms with Gasteiger partial charge in [0.25, 0.3) is 5.91 Å². The molecular weight excluding hydrogens is 742 g/mol. The second-order valence-corrected chi connectivity index (χ2v) is 19.3. The SMILES string of the molecule is C=CCC(C)(NC(=O)C1CC(Oc2ccc3c(Cl)nccc3c2SCCC)CN1C(=O)C(NC(=O)OC(C)(C)C)C(C)(C)C)C(=O)NS(=O)(=O)C1CC1. The zero-order valence-electron chi connectivity index (χ0n) is 31.7. The molecule has 2 heterocycles. The Kier molecular flexibility index (Phi) is 13.1. The Morgan fingerprint density at radius 2 is 1.77 bits per heavy atom. The van der Waals surface area contributed by atoms with Gasteiger partial charge in [0.2, 0.25) is 21.8 Å². The van der Waals surface area contributed by atoms with E-state index in [9.17, 15) is 27.6 Å². The van der Waals surface area contributed by atoms with Gasteiger partial charge in [-0.25, -0.2) is 18.2 Å². The first-order valence-corrected chi connectivity index (χ1v) is 20.7. The van der Waals surface area contributed by atoms with E-state index < -0.39 is 73.8 Å². The zero-order chi connectivity index (χ0) is 39.5. The number of pyridine rings is 1. The molecule has 1 saturated carbocycles. The van der Waals surface area contributed by atoms with Crippen molar-refractivity contribution in [3.05, 3.63) is 42.2 Å². The number of rotatable bonds is 14. The van der Waals surface area contributed by atoms with E-state index in [0.29, 0.717) is 23.7 Å². The Bertz CT molecular complexity index is 1840. The molecule has 0 radical (unpaired) electrons. The van der Waals surface area contributed by atoms with Crippen molar-refractivity contribution < 1.29 is 37.1 Å². The molecule has 1 aliphatic heterocycles. The Hall–Kier alpha value is -3.56. The quantitative estimate of drug-likeness (QED) is 0.122. The number of nitrogens with zero attached hydrogens (tertiary/aromatic N) is 2. The Labute approximate surface area is 321 Å². The van der Waals surface area contributed by atoms with Crippen molar-refractivity contribution in [1.82, 2.24) is 25.2 Å². The van der Waals surface area contributed by atoms with E-state index in [-0.39, 0.29) is 19.4 Å². The van der Waals surface area contributed by atoms with Crippen molar-refractivity contribution in [1.29, 1.82) is 0 Å². The molecule has 1 aromatic carbocycles. The standard InChI is InChI=1S/C37H52ClN5O8S2/c1-10-17-37(9,33(46)42-53(48,49)23-12-13-23)41-31(44)26-20-22(21-43(26)32(45)29(35(3,4)5)40-34(47)51-36(6,7)8)50-27-15-14-25-24(16-18-39-30(25)38)28(27)52-19-11-2/h10,14-16,18,22-23,26,29H,1,11-13,17,19-21H2,2-9H3,(H,40,47)(H,41,44)(H,42,46). The van der Waals surface area contributed by atoms with Crippen LogP contribution in [-0.4, -0.2) is 89.0 Å².